The molecule has 10 saturated heterocycles. The standard InChI is InChI=1S/C15H17.C5H5.Fe/c1-10-11(2)13(4)15(12(10)3)14-8-6-5-7-9-14;1-2-4-5-3-1;/h5-9H,1-4H3;1-5H;. The molecule has 4 unspecified atom stereocenters. The molecule has 10 heterocycles. The van der Waals surface area contributed by atoms with Crippen LogP contribution in [0.15, 0.2) is 30.3 Å². The molecular formula is C20H22Fe. The van der Waals surface area contributed by atoms with Gasteiger partial charge in [0, 0.05) is 0 Å². The Morgan fingerprint density at radius 2 is 1.10 bits per heavy atom. The molecule has 1 aromatic rings. The fraction of sp³-hybridized carbons (Fsp3) is 0.700. The van der Waals surface area contributed by atoms with Gasteiger partial charge < -0.3 is 0 Å². The summed E-state index contributed by atoms with van der Waals surface area (Å²) in [4.78, 5) is 6.73. The van der Waals surface area contributed by atoms with Crippen LogP contribution in [-0.2, 0) is 10.8 Å². The van der Waals surface area contributed by atoms with Crippen LogP contribution in [0.25, 0.3) is 0 Å². The maximum atomic E-state index is 2.87. The van der Waals surface area contributed by atoms with E-state index in [1.807, 2.05) is 5.56 Å². The third kappa shape index (κ3) is 0.0772. The van der Waals surface area contributed by atoms with Crippen LogP contribution >= 0.6 is 0 Å². The van der Waals surface area contributed by atoms with Crippen molar-refractivity contribution in [3.05, 3.63) is 35.9 Å². The van der Waals surface area contributed by atoms with E-state index in [9.17, 15) is 0 Å². The average Bonchev–Trinajstić information content (AvgIpc) is 3.44. The summed E-state index contributed by atoms with van der Waals surface area (Å²) >= 11 is 0. The number of hydrogen-bond acceptors (Lipinski definition) is 0. The minimum absolute atomic E-state index is 0.786. The minimum atomic E-state index is -3.48. The van der Waals surface area contributed by atoms with Crippen molar-refractivity contribution in [2.45, 2.75) is 73.3 Å². The molecule has 0 aliphatic carbocycles. The molecule has 0 amide bonds. The average molecular weight is 318 g/mol. The number of benzene rings is 1. The molecular weight excluding hydrogens is 296 g/mol. The zero-order chi connectivity index (χ0) is 13.8. The zero-order valence-corrected chi connectivity index (χ0v) is 14.2. The van der Waals surface area contributed by atoms with Gasteiger partial charge in [-0.2, -0.15) is 0 Å². The molecule has 1 heteroatoms. The van der Waals surface area contributed by atoms with Gasteiger partial charge in [-0.05, 0) is 0 Å². The van der Waals surface area contributed by atoms with Gasteiger partial charge in [0.25, 0.3) is 0 Å². The summed E-state index contributed by atoms with van der Waals surface area (Å²) < 4.78 is 4.29. The van der Waals surface area contributed by atoms with Crippen molar-refractivity contribution in [1.29, 1.82) is 0 Å². The summed E-state index contributed by atoms with van der Waals surface area (Å²) in [6.45, 7) is 7.97. The van der Waals surface area contributed by atoms with Crippen LogP contribution in [0.4, 0.5) is 0 Å². The van der Waals surface area contributed by atoms with Gasteiger partial charge in [0.15, 0.2) is 0 Å². The second-order valence-corrected chi connectivity index (χ2v) is 36.0. The molecule has 4 atom stereocenters. The normalized spacial score (nSPS) is 113. The van der Waals surface area contributed by atoms with Crippen molar-refractivity contribution < 1.29 is 6.51 Å². The Hall–Kier alpha value is -0.261. The molecule has 10 aliphatic rings. The first-order valence-corrected chi connectivity index (χ1v) is 14.9. The Balaban J connectivity index is 1.65. The first-order valence-electron chi connectivity index (χ1n) is 8.98. The van der Waals surface area contributed by atoms with Crippen LogP contribution in [0.5, 0.6) is 0 Å². The molecule has 11 rings (SSSR count). The molecule has 0 bridgehead atoms. The van der Waals surface area contributed by atoms with Gasteiger partial charge in [-0.25, -0.2) is 0 Å². The van der Waals surface area contributed by atoms with Gasteiger partial charge >= 0.3 is 116 Å². The van der Waals surface area contributed by atoms with E-state index in [2.05, 4.69) is 58.0 Å². The Kier molecular flexibility index (Phi) is 0.296. The van der Waals surface area contributed by atoms with Crippen molar-refractivity contribution >= 4 is 0 Å². The fourth-order valence-electron chi connectivity index (χ4n) is 23.8. The van der Waals surface area contributed by atoms with Crippen LogP contribution in [0, 0.1) is 0 Å². The Morgan fingerprint density at radius 3 is 1.38 bits per heavy atom. The van der Waals surface area contributed by atoms with Crippen molar-refractivity contribution in [2.24, 2.45) is 0 Å². The number of hydrogen-bond donors (Lipinski definition) is 0. The third-order valence-electron chi connectivity index (χ3n) is 19.9. The van der Waals surface area contributed by atoms with Crippen LogP contribution in [0.2, 0.25) is 41.3 Å². The fourth-order valence-corrected chi connectivity index (χ4v) is 110. The van der Waals surface area contributed by atoms with Crippen molar-refractivity contribution in [1.82, 2.24) is 0 Å². The molecule has 21 heavy (non-hydrogen) atoms. The van der Waals surface area contributed by atoms with E-state index in [0.29, 0.717) is 0 Å². The monoisotopic (exact) mass is 318 g/mol. The SMILES string of the molecule is C[C]12[C]3(C)[C]4(C)[C]5(c6ccccc6)[C]1(C)[Fe]23451678[CH]2[CH]1[CH]6[CH]7[CH]28. The van der Waals surface area contributed by atoms with Gasteiger partial charge in [0.05, 0.1) is 0 Å². The molecule has 10 aliphatic heterocycles. The second-order valence-electron chi connectivity index (χ2n) is 12.7. The van der Waals surface area contributed by atoms with Crippen LogP contribution < -0.4 is 0 Å². The molecule has 0 N–H and O–H groups in total. The predicted molar refractivity (Wildman–Crippen MR) is 80.3 cm³/mol. The quantitative estimate of drug-likeness (QED) is 0.554. The molecule has 10 fully saturated rings. The summed E-state index contributed by atoms with van der Waals surface area (Å²) in [6, 6.07) is 12.1. The van der Waals surface area contributed by atoms with Crippen molar-refractivity contribution in [3.63, 3.8) is 0 Å². The second kappa shape index (κ2) is 0.726. The predicted octanol–water partition coefficient (Wildman–Crippen LogP) is 6.04. The van der Waals surface area contributed by atoms with E-state index >= 15 is 0 Å². The summed E-state index contributed by atoms with van der Waals surface area (Å²) in [5.41, 5.74) is 1.84. The van der Waals surface area contributed by atoms with Gasteiger partial charge in [0.1, 0.15) is 0 Å². The van der Waals surface area contributed by atoms with Gasteiger partial charge in [-0.15, -0.1) is 0 Å². The molecule has 1 aromatic carbocycles. The van der Waals surface area contributed by atoms with Crippen LogP contribution in [-0.4, -0.2) is 0 Å². The van der Waals surface area contributed by atoms with Crippen molar-refractivity contribution in [3.8, 4) is 0 Å². The number of rotatable bonds is 1. The molecule has 0 nitrogen and oxygen atoms in total. The van der Waals surface area contributed by atoms with E-state index in [0.717, 1.165) is 21.6 Å². The van der Waals surface area contributed by atoms with E-state index in [-0.39, 0.29) is 0 Å². The van der Waals surface area contributed by atoms with E-state index in [4.69, 9.17) is 0 Å². The first-order chi connectivity index (χ1) is 9.73. The Bertz CT molecular complexity index is 1250. The topological polar surface area (TPSA) is 0 Å². The molecule has 0 saturated carbocycles. The van der Waals surface area contributed by atoms with Crippen LogP contribution in [0.3, 0.4) is 0 Å². The summed E-state index contributed by atoms with van der Waals surface area (Å²) in [6.07, 6.45) is 0. The Morgan fingerprint density at radius 1 is 0.667 bits per heavy atom. The Labute approximate surface area is 116 Å². The number of fused-ring (bicyclic) bond motifs is 10. The summed E-state index contributed by atoms with van der Waals surface area (Å²) in [5.74, 6) is 0. The summed E-state index contributed by atoms with van der Waals surface area (Å²) in [7, 11) is 0. The van der Waals surface area contributed by atoms with E-state index in [1.54, 1.807) is 0 Å². The van der Waals surface area contributed by atoms with Gasteiger partial charge in [-0.3, -0.25) is 0 Å². The molecule has 0 aromatic heterocycles. The van der Waals surface area contributed by atoms with E-state index in [1.165, 1.54) is 24.1 Å². The molecule has 1 spiro atoms. The third-order valence-corrected chi connectivity index (χ3v) is 69.2. The molecule has 0 radical (unpaired) electrons. The first kappa shape index (κ1) is 8.55. The summed E-state index contributed by atoms with van der Waals surface area (Å²) in [5, 5.41) is 0. The zero-order valence-electron chi connectivity index (χ0n) is 13.1. The molecule has 110 valence electrons. The van der Waals surface area contributed by atoms with Gasteiger partial charge in [0.2, 0.25) is 0 Å². The maximum absolute atomic E-state index is 3.48. The van der Waals surface area contributed by atoms with Crippen LogP contribution in [0.1, 0.15) is 33.3 Å². The van der Waals surface area contributed by atoms with Crippen molar-refractivity contribution in [2.75, 3.05) is 0 Å². The van der Waals surface area contributed by atoms with Gasteiger partial charge in [-0.1, -0.05) is 0 Å². The van der Waals surface area contributed by atoms with E-state index < -0.39 is 6.51 Å².